The number of likely N-dealkylation sites (tertiary alicyclic amines) is 1. The van der Waals surface area contributed by atoms with Crippen LogP contribution >= 0.6 is 11.3 Å². The first-order valence-electron chi connectivity index (χ1n) is 10.8. The maximum Gasteiger partial charge on any atom is 0.282 e. The molecule has 2 amide bonds. The molecule has 2 aromatic rings. The Labute approximate surface area is 195 Å². The number of thiazole rings is 1. The first-order valence-corrected chi connectivity index (χ1v) is 11.7. The number of nitrogens with zero attached hydrogens (tertiary/aromatic N) is 5. The van der Waals surface area contributed by atoms with Crippen LogP contribution in [-0.4, -0.2) is 96.8 Å². The van der Waals surface area contributed by atoms with Crippen LogP contribution in [0.15, 0.2) is 36.4 Å². The Morgan fingerprint density at radius 3 is 2.55 bits per heavy atom. The summed E-state index contributed by atoms with van der Waals surface area (Å²) in [5.74, 6) is -0.0919. The molecule has 2 saturated heterocycles. The fourth-order valence-corrected chi connectivity index (χ4v) is 4.90. The maximum absolute atomic E-state index is 12.9. The van der Waals surface area contributed by atoms with Crippen molar-refractivity contribution in [2.75, 3.05) is 57.8 Å². The molecule has 0 atom stereocenters. The molecule has 0 saturated carbocycles. The minimum atomic E-state index is -2.45. The van der Waals surface area contributed by atoms with Crippen molar-refractivity contribution in [1.29, 1.82) is 0 Å². The van der Waals surface area contributed by atoms with E-state index in [9.17, 15) is 18.4 Å². The number of rotatable bonds is 7. The lowest BCUT2D eigenvalue weighted by atomic mass is 10.0. The third kappa shape index (κ3) is 5.06. The van der Waals surface area contributed by atoms with Crippen molar-refractivity contribution < 1.29 is 18.4 Å². The van der Waals surface area contributed by atoms with Crippen molar-refractivity contribution in [3.05, 3.63) is 52.5 Å². The van der Waals surface area contributed by atoms with Crippen LogP contribution in [0.1, 0.15) is 25.7 Å². The number of alkyl halides is 2. The Bertz CT molecular complexity index is 1000. The molecule has 1 aromatic heterocycles. The molecule has 0 bridgehead atoms. The van der Waals surface area contributed by atoms with Crippen LogP contribution in [0.3, 0.4) is 0 Å². The smallest absolute Gasteiger partial charge is 0.282 e. The van der Waals surface area contributed by atoms with E-state index in [1.807, 2.05) is 4.90 Å². The van der Waals surface area contributed by atoms with Gasteiger partial charge in [-0.05, 0) is 23.8 Å². The summed E-state index contributed by atoms with van der Waals surface area (Å²) in [5, 5.41) is 2.32. The predicted molar refractivity (Wildman–Crippen MR) is 125 cm³/mol. The van der Waals surface area contributed by atoms with Crippen LogP contribution in [0.25, 0.3) is 6.08 Å². The van der Waals surface area contributed by atoms with E-state index < -0.39 is 6.43 Å². The second-order valence-electron chi connectivity index (χ2n) is 8.28. The molecule has 0 aliphatic carbocycles. The summed E-state index contributed by atoms with van der Waals surface area (Å²) in [6.45, 7) is 7.50. The average Bonchev–Trinajstić information content (AvgIpc) is 3.32. The van der Waals surface area contributed by atoms with E-state index in [2.05, 4.69) is 16.5 Å². The van der Waals surface area contributed by atoms with Crippen molar-refractivity contribution >= 4 is 34.9 Å². The second-order valence-corrected chi connectivity index (χ2v) is 9.17. The first-order chi connectivity index (χ1) is 15.9. The van der Waals surface area contributed by atoms with Gasteiger partial charge in [0.1, 0.15) is 0 Å². The Kier molecular flexibility index (Phi) is 7.04. The highest BCUT2D eigenvalue weighted by molar-refractivity contribution is 7.11. The Hall–Kier alpha value is -2.85. The monoisotopic (exact) mass is 475 g/mol. The zero-order valence-electron chi connectivity index (χ0n) is 18.5. The summed E-state index contributed by atoms with van der Waals surface area (Å²) in [6, 6.07) is 5.37. The number of amides is 2. The van der Waals surface area contributed by atoms with Gasteiger partial charge in [-0.3, -0.25) is 14.5 Å². The molecule has 0 unspecified atom stereocenters. The summed E-state index contributed by atoms with van der Waals surface area (Å²) in [7, 11) is 1.60. The quantitative estimate of drug-likeness (QED) is 0.617. The molecule has 0 radical (unpaired) electrons. The van der Waals surface area contributed by atoms with Crippen LogP contribution in [0.5, 0.6) is 0 Å². The Morgan fingerprint density at radius 2 is 1.94 bits per heavy atom. The van der Waals surface area contributed by atoms with Gasteiger partial charge in [0.15, 0.2) is 5.01 Å². The van der Waals surface area contributed by atoms with Crippen LogP contribution in [0.4, 0.5) is 14.5 Å². The van der Waals surface area contributed by atoms with Crippen LogP contribution in [-0.2, 0) is 0 Å². The number of aromatic nitrogens is 1. The van der Waals surface area contributed by atoms with Crippen molar-refractivity contribution in [1.82, 2.24) is 19.7 Å². The maximum atomic E-state index is 12.9. The molecule has 176 valence electrons. The van der Waals surface area contributed by atoms with E-state index in [-0.39, 0.29) is 24.4 Å². The van der Waals surface area contributed by atoms with Gasteiger partial charge in [0.2, 0.25) is 0 Å². The molecular weight excluding hydrogens is 448 g/mol. The lowest BCUT2D eigenvalue weighted by molar-refractivity contribution is 0.00853. The predicted octanol–water partition coefficient (Wildman–Crippen LogP) is 2.77. The van der Waals surface area contributed by atoms with Gasteiger partial charge in [-0.25, -0.2) is 13.8 Å². The highest BCUT2D eigenvalue weighted by Crippen LogP contribution is 2.26. The Morgan fingerprint density at radius 1 is 1.21 bits per heavy atom. The van der Waals surface area contributed by atoms with Gasteiger partial charge in [-0.2, -0.15) is 0 Å². The lowest BCUT2D eigenvalue weighted by Crippen LogP contribution is -2.64. The standard InChI is InChI=1S/C23H27F2N5O2S/c1-3-16-12-17(4-5-19(16)27(2)15-20(24)25)22(31)30-13-18(14-30)28-7-9-29(10-8-28)23(32)21-26-6-11-33-21/h3-6,11-12,18,20H,1,7-10,13-15H2,2H3. The van der Waals surface area contributed by atoms with E-state index in [1.54, 1.807) is 47.8 Å². The number of benzene rings is 1. The number of carbonyl (C=O) groups excluding carboxylic acids is 2. The number of piperazine rings is 1. The van der Waals surface area contributed by atoms with Gasteiger partial charge in [-0.15, -0.1) is 11.3 Å². The Balaban J connectivity index is 1.30. The van der Waals surface area contributed by atoms with Gasteiger partial charge in [0.05, 0.1) is 6.54 Å². The summed E-state index contributed by atoms with van der Waals surface area (Å²) >= 11 is 1.35. The average molecular weight is 476 g/mol. The fourth-order valence-electron chi connectivity index (χ4n) is 4.29. The summed E-state index contributed by atoms with van der Waals surface area (Å²) in [4.78, 5) is 36.9. The first kappa shape index (κ1) is 23.3. The van der Waals surface area contributed by atoms with Crippen molar-refractivity contribution in [3.63, 3.8) is 0 Å². The molecule has 10 heteroatoms. The van der Waals surface area contributed by atoms with Gasteiger partial charge in [-0.1, -0.05) is 12.7 Å². The molecule has 2 aliphatic rings. The molecule has 4 rings (SSSR count). The highest BCUT2D eigenvalue weighted by Gasteiger charge is 2.37. The zero-order valence-corrected chi connectivity index (χ0v) is 19.3. The van der Waals surface area contributed by atoms with Crippen LogP contribution in [0.2, 0.25) is 0 Å². The number of carbonyl (C=O) groups is 2. The molecule has 7 nitrogen and oxygen atoms in total. The number of hydrogen-bond acceptors (Lipinski definition) is 6. The molecule has 2 aliphatic heterocycles. The van der Waals surface area contributed by atoms with E-state index in [4.69, 9.17) is 0 Å². The molecule has 3 heterocycles. The van der Waals surface area contributed by atoms with Crippen molar-refractivity contribution in [2.24, 2.45) is 0 Å². The second kappa shape index (κ2) is 9.96. The SMILES string of the molecule is C=Cc1cc(C(=O)N2CC(N3CCN(C(=O)c4nccs4)CC3)C2)ccc1N(C)CC(F)F. The number of halogens is 2. The number of anilines is 1. The molecule has 33 heavy (non-hydrogen) atoms. The largest absolute Gasteiger partial charge is 0.368 e. The normalized spacial score (nSPS) is 17.2. The third-order valence-electron chi connectivity index (χ3n) is 6.20. The van der Waals surface area contributed by atoms with Gasteiger partial charge < -0.3 is 14.7 Å². The molecule has 0 spiro atoms. The molecule has 0 N–H and O–H groups in total. The van der Waals surface area contributed by atoms with E-state index in [1.165, 1.54) is 16.2 Å². The topological polar surface area (TPSA) is 60.0 Å². The van der Waals surface area contributed by atoms with E-state index in [0.717, 1.165) is 13.1 Å². The number of hydrogen-bond donors (Lipinski definition) is 0. The summed E-state index contributed by atoms with van der Waals surface area (Å²) in [5.41, 5.74) is 1.80. The van der Waals surface area contributed by atoms with Gasteiger partial charge in [0, 0.05) is 75.2 Å². The fraction of sp³-hybridized carbons (Fsp3) is 0.435. The van der Waals surface area contributed by atoms with Gasteiger partial charge >= 0.3 is 0 Å². The summed E-state index contributed by atoms with van der Waals surface area (Å²) in [6.07, 6.45) is 0.778. The van der Waals surface area contributed by atoms with E-state index in [0.29, 0.717) is 48.0 Å². The molecule has 2 fully saturated rings. The molecular formula is C23H27F2N5O2S. The van der Waals surface area contributed by atoms with Crippen molar-refractivity contribution in [2.45, 2.75) is 12.5 Å². The van der Waals surface area contributed by atoms with Crippen molar-refractivity contribution in [3.8, 4) is 0 Å². The highest BCUT2D eigenvalue weighted by atomic mass is 32.1. The van der Waals surface area contributed by atoms with E-state index >= 15 is 0 Å². The zero-order chi connectivity index (χ0) is 23.5. The van der Waals surface area contributed by atoms with Crippen LogP contribution in [0, 0.1) is 0 Å². The minimum Gasteiger partial charge on any atom is -0.368 e. The third-order valence-corrected chi connectivity index (χ3v) is 6.96. The lowest BCUT2D eigenvalue weighted by Gasteiger charge is -2.48. The van der Waals surface area contributed by atoms with Gasteiger partial charge in [0.25, 0.3) is 18.2 Å². The van der Waals surface area contributed by atoms with Crippen LogP contribution < -0.4 is 4.90 Å². The summed E-state index contributed by atoms with van der Waals surface area (Å²) < 4.78 is 25.5. The minimum absolute atomic E-state index is 0.0178. The molecule has 1 aromatic carbocycles.